The van der Waals surface area contributed by atoms with Gasteiger partial charge in [0, 0.05) is 13.6 Å². The molecule has 0 saturated carbocycles. The third kappa shape index (κ3) is 8.75. The lowest BCUT2D eigenvalue weighted by Crippen LogP contribution is -2.50. The average Bonchev–Trinajstić information content (AvgIpc) is 2.68. The number of esters is 1. The summed E-state index contributed by atoms with van der Waals surface area (Å²) in [5, 5.41) is 5.24. The predicted molar refractivity (Wildman–Crippen MR) is 125 cm³/mol. The van der Waals surface area contributed by atoms with E-state index < -0.39 is 41.6 Å². The first-order valence-electron chi connectivity index (χ1n) is 11.0. The van der Waals surface area contributed by atoms with Crippen molar-refractivity contribution in [3.8, 4) is 0 Å². The van der Waals surface area contributed by atoms with Gasteiger partial charge in [0.15, 0.2) is 0 Å². The van der Waals surface area contributed by atoms with E-state index in [0.29, 0.717) is 5.56 Å². The summed E-state index contributed by atoms with van der Waals surface area (Å²) >= 11 is 0. The van der Waals surface area contributed by atoms with Crippen LogP contribution in [0.1, 0.15) is 63.8 Å². The van der Waals surface area contributed by atoms with E-state index in [4.69, 9.17) is 9.47 Å². The fourth-order valence-corrected chi connectivity index (χ4v) is 3.36. The van der Waals surface area contributed by atoms with Crippen LogP contribution < -0.4 is 10.6 Å². The standard InChI is InChI=1S/C24H37N3O6/c1-9-32-18(28)13-14-25-21(29)20(19-15(2)11-10-12-16(19)3)27(8)22(30)17(4)26-23(31)33-24(5,6)7/h10-12,17,20H,9,13-14H2,1-8H3,(H,25,29)(H,26,31). The van der Waals surface area contributed by atoms with Crippen molar-refractivity contribution in [2.45, 2.75) is 72.6 Å². The molecular formula is C24H37N3O6. The quantitative estimate of drug-likeness (QED) is 0.545. The smallest absolute Gasteiger partial charge is 0.408 e. The Morgan fingerprint density at radius 3 is 2.18 bits per heavy atom. The van der Waals surface area contributed by atoms with Gasteiger partial charge in [0.25, 0.3) is 0 Å². The Kier molecular flexibility index (Phi) is 10.3. The van der Waals surface area contributed by atoms with E-state index in [9.17, 15) is 19.2 Å². The minimum atomic E-state index is -0.955. The van der Waals surface area contributed by atoms with Crippen molar-refractivity contribution in [2.75, 3.05) is 20.2 Å². The molecule has 0 saturated heterocycles. The molecule has 33 heavy (non-hydrogen) atoms. The van der Waals surface area contributed by atoms with Crippen molar-refractivity contribution in [3.05, 3.63) is 34.9 Å². The van der Waals surface area contributed by atoms with Crippen LogP contribution in [0.4, 0.5) is 4.79 Å². The molecule has 0 fully saturated rings. The average molecular weight is 464 g/mol. The summed E-state index contributed by atoms with van der Waals surface area (Å²) in [6.45, 7) is 12.5. The lowest BCUT2D eigenvalue weighted by Gasteiger charge is -2.32. The molecule has 9 nitrogen and oxygen atoms in total. The van der Waals surface area contributed by atoms with Gasteiger partial charge < -0.3 is 25.0 Å². The number of ether oxygens (including phenoxy) is 2. The lowest BCUT2D eigenvalue weighted by atomic mass is 9.94. The maximum Gasteiger partial charge on any atom is 0.408 e. The van der Waals surface area contributed by atoms with Gasteiger partial charge in [-0.15, -0.1) is 0 Å². The first-order chi connectivity index (χ1) is 15.3. The molecule has 0 bridgehead atoms. The topological polar surface area (TPSA) is 114 Å². The minimum absolute atomic E-state index is 0.0211. The molecule has 0 spiro atoms. The number of rotatable bonds is 9. The van der Waals surface area contributed by atoms with E-state index in [0.717, 1.165) is 11.1 Å². The molecule has 2 N–H and O–H groups in total. The highest BCUT2D eigenvalue weighted by atomic mass is 16.6. The van der Waals surface area contributed by atoms with Crippen LogP contribution in [0, 0.1) is 13.8 Å². The highest BCUT2D eigenvalue weighted by molar-refractivity contribution is 5.92. The van der Waals surface area contributed by atoms with E-state index in [2.05, 4.69) is 10.6 Å². The van der Waals surface area contributed by atoms with E-state index in [1.54, 1.807) is 27.7 Å². The normalized spacial score (nSPS) is 12.8. The number of benzene rings is 1. The number of carbonyl (C=O) groups is 4. The van der Waals surface area contributed by atoms with Gasteiger partial charge in [-0.05, 0) is 65.2 Å². The molecule has 0 heterocycles. The van der Waals surface area contributed by atoms with Crippen LogP contribution in [0.3, 0.4) is 0 Å². The Hall–Kier alpha value is -3.10. The molecule has 9 heteroatoms. The van der Waals surface area contributed by atoms with E-state index in [1.165, 1.54) is 18.9 Å². The molecule has 0 aliphatic heterocycles. The Balaban J connectivity index is 3.10. The van der Waals surface area contributed by atoms with Crippen molar-refractivity contribution >= 4 is 23.9 Å². The van der Waals surface area contributed by atoms with Crippen molar-refractivity contribution in [1.82, 2.24) is 15.5 Å². The fourth-order valence-electron chi connectivity index (χ4n) is 3.36. The molecule has 184 valence electrons. The second-order valence-electron chi connectivity index (χ2n) is 8.87. The number of nitrogens with zero attached hydrogens (tertiary/aromatic N) is 1. The van der Waals surface area contributed by atoms with E-state index in [-0.39, 0.29) is 19.6 Å². The third-order valence-corrected chi connectivity index (χ3v) is 4.84. The summed E-state index contributed by atoms with van der Waals surface area (Å²) in [5.41, 5.74) is 1.66. The van der Waals surface area contributed by atoms with Gasteiger partial charge in [0.05, 0.1) is 13.0 Å². The Labute approximate surface area is 196 Å². The molecule has 2 atom stereocenters. The van der Waals surface area contributed by atoms with Crippen LogP contribution in [-0.2, 0) is 23.9 Å². The van der Waals surface area contributed by atoms with Crippen molar-refractivity contribution in [2.24, 2.45) is 0 Å². The van der Waals surface area contributed by atoms with Crippen LogP contribution in [0.25, 0.3) is 0 Å². The summed E-state index contributed by atoms with van der Waals surface area (Å²) in [6.07, 6.45) is -0.702. The van der Waals surface area contributed by atoms with Gasteiger partial charge in [-0.2, -0.15) is 0 Å². The van der Waals surface area contributed by atoms with E-state index >= 15 is 0 Å². The fraction of sp³-hybridized carbons (Fsp3) is 0.583. The molecular weight excluding hydrogens is 426 g/mol. The van der Waals surface area contributed by atoms with Gasteiger partial charge in [-0.25, -0.2) is 4.79 Å². The van der Waals surface area contributed by atoms with Gasteiger partial charge in [0.2, 0.25) is 11.8 Å². The largest absolute Gasteiger partial charge is 0.466 e. The molecule has 1 aromatic carbocycles. The van der Waals surface area contributed by atoms with Crippen molar-refractivity contribution in [1.29, 1.82) is 0 Å². The first-order valence-corrected chi connectivity index (χ1v) is 11.0. The van der Waals surface area contributed by atoms with Crippen molar-refractivity contribution < 1.29 is 28.7 Å². The molecule has 0 aromatic heterocycles. The molecule has 1 aromatic rings. The summed E-state index contributed by atoms with van der Waals surface area (Å²) in [5.74, 6) is -1.31. The molecule has 0 radical (unpaired) electrons. The van der Waals surface area contributed by atoms with E-state index in [1.807, 2.05) is 32.0 Å². The zero-order valence-corrected chi connectivity index (χ0v) is 20.9. The van der Waals surface area contributed by atoms with Crippen LogP contribution in [0.15, 0.2) is 18.2 Å². The second-order valence-corrected chi connectivity index (χ2v) is 8.87. The van der Waals surface area contributed by atoms with Crippen LogP contribution >= 0.6 is 0 Å². The van der Waals surface area contributed by atoms with Crippen LogP contribution in [0.2, 0.25) is 0 Å². The maximum absolute atomic E-state index is 13.2. The number of amides is 3. The molecule has 1 rings (SSSR count). The van der Waals surface area contributed by atoms with Gasteiger partial charge in [-0.1, -0.05) is 18.2 Å². The molecule has 0 aliphatic rings. The lowest BCUT2D eigenvalue weighted by molar-refractivity contribution is -0.143. The van der Waals surface area contributed by atoms with Crippen molar-refractivity contribution in [3.63, 3.8) is 0 Å². The molecule has 2 unspecified atom stereocenters. The zero-order chi connectivity index (χ0) is 25.3. The number of hydrogen-bond acceptors (Lipinski definition) is 6. The van der Waals surface area contributed by atoms with Crippen LogP contribution in [0.5, 0.6) is 0 Å². The maximum atomic E-state index is 13.2. The summed E-state index contributed by atoms with van der Waals surface area (Å²) in [6, 6.07) is 3.72. The first kappa shape index (κ1) is 27.9. The monoisotopic (exact) mass is 463 g/mol. The Morgan fingerprint density at radius 1 is 1.09 bits per heavy atom. The number of nitrogens with one attached hydrogen (secondary N) is 2. The van der Waals surface area contributed by atoms with Gasteiger partial charge in [0.1, 0.15) is 17.7 Å². The third-order valence-electron chi connectivity index (χ3n) is 4.84. The number of alkyl carbamates (subject to hydrolysis) is 1. The van der Waals surface area contributed by atoms with Crippen LogP contribution in [-0.4, -0.2) is 60.6 Å². The number of aryl methyl sites for hydroxylation is 2. The summed E-state index contributed by atoms with van der Waals surface area (Å²) < 4.78 is 10.1. The van der Waals surface area contributed by atoms with Gasteiger partial charge >= 0.3 is 12.1 Å². The highest BCUT2D eigenvalue weighted by Crippen LogP contribution is 2.27. The molecule has 3 amide bonds. The Morgan fingerprint density at radius 2 is 1.67 bits per heavy atom. The summed E-state index contributed by atoms with van der Waals surface area (Å²) in [7, 11) is 1.51. The highest BCUT2D eigenvalue weighted by Gasteiger charge is 2.33. The number of carbonyl (C=O) groups excluding carboxylic acids is 4. The molecule has 0 aliphatic carbocycles. The SMILES string of the molecule is CCOC(=O)CCNC(=O)C(c1c(C)cccc1C)N(C)C(=O)C(C)NC(=O)OC(C)(C)C. The zero-order valence-electron chi connectivity index (χ0n) is 20.9. The Bertz CT molecular complexity index is 842. The van der Waals surface area contributed by atoms with Gasteiger partial charge in [-0.3, -0.25) is 14.4 Å². The number of hydrogen-bond donors (Lipinski definition) is 2. The predicted octanol–water partition coefficient (Wildman–Crippen LogP) is 2.79. The number of likely N-dealkylation sites (N-methyl/N-ethyl adjacent to an activating group) is 1. The summed E-state index contributed by atoms with van der Waals surface area (Å²) in [4.78, 5) is 51.4. The second kappa shape index (κ2) is 12.2. The minimum Gasteiger partial charge on any atom is -0.466 e.